The Morgan fingerprint density at radius 3 is 2.47 bits per heavy atom. The summed E-state index contributed by atoms with van der Waals surface area (Å²) >= 11 is 0. The van der Waals surface area contributed by atoms with Crippen molar-refractivity contribution in [2.45, 2.75) is 32.1 Å². The number of aromatic carboxylic acids is 1. The summed E-state index contributed by atoms with van der Waals surface area (Å²) in [7, 11) is 0. The standard InChI is InChI=1S/C31H20F5N5O4/c32-21-5-15(11-37)1-2-16(21)14-45-31-38-12-25(36)28(40-31)20-10-22(33)17(6-23(20)34)9-27-39-29-24(35)7-18(30(42)43)8-26(29)41(27)13-19-3-4-44-19/h1-2,5-8,10,12,19H,3-4,9,13-14H2,(H,42,43)/t19-/m0/s1. The first-order chi connectivity index (χ1) is 21.6. The number of carbonyl (C=O) groups is 1. The molecular weight excluding hydrogens is 601 g/mol. The number of halogens is 5. The van der Waals surface area contributed by atoms with Gasteiger partial charge in [-0.05, 0) is 48.4 Å². The molecule has 0 radical (unpaired) electrons. The molecule has 228 valence electrons. The Kier molecular flexibility index (Phi) is 7.86. The minimum absolute atomic E-state index is 0.0546. The monoisotopic (exact) mass is 621 g/mol. The average molecular weight is 622 g/mol. The van der Waals surface area contributed by atoms with Crippen LogP contribution < -0.4 is 4.74 Å². The molecule has 0 bridgehead atoms. The second-order valence-corrected chi connectivity index (χ2v) is 10.2. The van der Waals surface area contributed by atoms with Gasteiger partial charge in [0.15, 0.2) is 11.6 Å². The highest BCUT2D eigenvalue weighted by Gasteiger charge is 2.25. The Balaban J connectivity index is 1.30. The third kappa shape index (κ3) is 5.89. The molecule has 1 atom stereocenters. The number of fused-ring (bicyclic) bond motifs is 1. The van der Waals surface area contributed by atoms with Crippen LogP contribution in [0.15, 0.2) is 48.7 Å². The van der Waals surface area contributed by atoms with Crippen LogP contribution in [0.4, 0.5) is 22.0 Å². The van der Waals surface area contributed by atoms with Crippen LogP contribution in [0.1, 0.15) is 39.3 Å². The number of ether oxygens (including phenoxy) is 2. The van der Waals surface area contributed by atoms with Gasteiger partial charge in [0.2, 0.25) is 0 Å². The van der Waals surface area contributed by atoms with E-state index >= 15 is 8.78 Å². The zero-order valence-electron chi connectivity index (χ0n) is 23.0. The van der Waals surface area contributed by atoms with E-state index in [4.69, 9.17) is 14.7 Å². The summed E-state index contributed by atoms with van der Waals surface area (Å²) in [5.41, 5.74) is -1.47. The summed E-state index contributed by atoms with van der Waals surface area (Å²) in [6.45, 7) is 0.305. The van der Waals surface area contributed by atoms with Gasteiger partial charge in [-0.1, -0.05) is 6.07 Å². The third-order valence-electron chi connectivity index (χ3n) is 7.31. The molecule has 9 nitrogen and oxygen atoms in total. The quantitative estimate of drug-likeness (QED) is 0.208. The largest absolute Gasteiger partial charge is 0.478 e. The van der Waals surface area contributed by atoms with Gasteiger partial charge < -0.3 is 19.1 Å². The van der Waals surface area contributed by atoms with E-state index in [1.807, 2.05) is 0 Å². The fourth-order valence-electron chi connectivity index (χ4n) is 4.88. The highest BCUT2D eigenvalue weighted by atomic mass is 19.1. The molecule has 5 aromatic rings. The Morgan fingerprint density at radius 1 is 1.00 bits per heavy atom. The molecule has 45 heavy (non-hydrogen) atoms. The smallest absolute Gasteiger partial charge is 0.335 e. The van der Waals surface area contributed by atoms with Crippen LogP contribution in [-0.4, -0.2) is 43.3 Å². The van der Waals surface area contributed by atoms with E-state index in [1.165, 1.54) is 22.8 Å². The van der Waals surface area contributed by atoms with Crippen molar-refractivity contribution < 1.29 is 41.3 Å². The fourth-order valence-corrected chi connectivity index (χ4v) is 4.88. The summed E-state index contributed by atoms with van der Waals surface area (Å²) in [6, 6.07) is 8.72. The highest BCUT2D eigenvalue weighted by Crippen LogP contribution is 2.30. The molecule has 1 aliphatic rings. The molecule has 0 unspecified atom stereocenters. The minimum atomic E-state index is -1.35. The van der Waals surface area contributed by atoms with E-state index in [0.717, 1.165) is 24.3 Å². The first kappa shape index (κ1) is 29.6. The summed E-state index contributed by atoms with van der Waals surface area (Å²) in [5.74, 6) is -5.90. The average Bonchev–Trinajstić information content (AvgIpc) is 3.33. The van der Waals surface area contributed by atoms with Crippen molar-refractivity contribution >= 4 is 17.0 Å². The first-order valence-corrected chi connectivity index (χ1v) is 13.5. The molecule has 0 spiro atoms. The Morgan fingerprint density at radius 2 is 1.78 bits per heavy atom. The summed E-state index contributed by atoms with van der Waals surface area (Å²) in [5, 5.41) is 18.3. The van der Waals surface area contributed by atoms with Gasteiger partial charge in [-0.2, -0.15) is 10.2 Å². The molecule has 3 aromatic carbocycles. The number of aromatic nitrogens is 4. The van der Waals surface area contributed by atoms with Crippen molar-refractivity contribution in [2.24, 2.45) is 0 Å². The van der Waals surface area contributed by atoms with Gasteiger partial charge in [0, 0.05) is 24.2 Å². The maximum absolute atomic E-state index is 15.4. The van der Waals surface area contributed by atoms with Crippen molar-refractivity contribution in [2.75, 3.05) is 6.61 Å². The van der Waals surface area contributed by atoms with Crippen molar-refractivity contribution in [1.29, 1.82) is 5.26 Å². The number of benzene rings is 3. The summed E-state index contributed by atoms with van der Waals surface area (Å²) in [6.07, 6.45) is 0.815. The number of imidazole rings is 1. The van der Waals surface area contributed by atoms with Crippen LogP contribution in [-0.2, 0) is 24.3 Å². The molecule has 0 saturated carbocycles. The lowest BCUT2D eigenvalue weighted by atomic mass is 10.0. The minimum Gasteiger partial charge on any atom is -0.478 e. The second-order valence-electron chi connectivity index (χ2n) is 10.2. The molecule has 1 aliphatic heterocycles. The highest BCUT2D eigenvalue weighted by molar-refractivity contribution is 5.92. The lowest BCUT2D eigenvalue weighted by Gasteiger charge is -2.27. The van der Waals surface area contributed by atoms with Crippen molar-refractivity contribution in [1.82, 2.24) is 19.5 Å². The van der Waals surface area contributed by atoms with E-state index in [2.05, 4.69) is 15.0 Å². The van der Waals surface area contributed by atoms with Crippen LogP contribution in [0.2, 0.25) is 0 Å². The van der Waals surface area contributed by atoms with Crippen LogP contribution in [0.5, 0.6) is 6.01 Å². The second kappa shape index (κ2) is 11.9. The lowest BCUT2D eigenvalue weighted by Crippen LogP contribution is -2.31. The van der Waals surface area contributed by atoms with E-state index in [9.17, 15) is 23.1 Å². The van der Waals surface area contributed by atoms with E-state index in [-0.39, 0.29) is 64.8 Å². The zero-order valence-corrected chi connectivity index (χ0v) is 23.0. The predicted molar refractivity (Wildman–Crippen MR) is 147 cm³/mol. The zero-order chi connectivity index (χ0) is 31.8. The van der Waals surface area contributed by atoms with Gasteiger partial charge in [0.05, 0.1) is 41.6 Å². The van der Waals surface area contributed by atoms with E-state index < -0.39 is 52.3 Å². The van der Waals surface area contributed by atoms with Gasteiger partial charge in [-0.25, -0.2) is 36.7 Å². The first-order valence-electron chi connectivity index (χ1n) is 13.5. The molecule has 0 aliphatic carbocycles. The number of nitrogens with zero attached hydrogens (tertiary/aromatic N) is 5. The third-order valence-corrected chi connectivity index (χ3v) is 7.31. The topological polar surface area (TPSA) is 123 Å². The Labute approximate surface area is 251 Å². The SMILES string of the molecule is N#Cc1ccc(COc2ncc(F)c(-c3cc(F)c(Cc4nc5c(F)cc(C(=O)O)cc5n4C[C@@H]4CCO4)cc3F)n2)c(F)c1. The molecule has 3 heterocycles. The molecule has 1 saturated heterocycles. The van der Waals surface area contributed by atoms with Crippen molar-refractivity contribution in [3.8, 4) is 23.3 Å². The maximum Gasteiger partial charge on any atom is 0.335 e. The van der Waals surface area contributed by atoms with Gasteiger partial charge in [0.1, 0.15) is 41.1 Å². The normalized spacial score (nSPS) is 14.3. The summed E-state index contributed by atoms with van der Waals surface area (Å²) in [4.78, 5) is 23.3. The molecular formula is C31H20F5N5O4. The van der Waals surface area contributed by atoms with Gasteiger partial charge in [-0.3, -0.25) is 0 Å². The number of rotatable bonds is 9. The van der Waals surface area contributed by atoms with Crippen molar-refractivity contribution in [3.63, 3.8) is 0 Å². The molecule has 6 rings (SSSR count). The number of hydrogen-bond donors (Lipinski definition) is 1. The number of carboxylic acid groups (broad SMARTS) is 1. The fraction of sp³-hybridized carbons (Fsp3) is 0.194. The lowest BCUT2D eigenvalue weighted by molar-refractivity contribution is -0.0589. The molecule has 1 N–H and O–H groups in total. The summed E-state index contributed by atoms with van der Waals surface area (Å²) < 4.78 is 86.9. The Hall–Kier alpha value is -5.42. The number of hydrogen-bond acceptors (Lipinski definition) is 7. The van der Waals surface area contributed by atoms with Gasteiger partial charge in [-0.15, -0.1) is 0 Å². The van der Waals surface area contributed by atoms with Crippen LogP contribution in [0.25, 0.3) is 22.3 Å². The number of nitriles is 1. The predicted octanol–water partition coefficient (Wildman–Crippen LogP) is 5.72. The molecule has 14 heteroatoms. The van der Waals surface area contributed by atoms with Crippen molar-refractivity contribution in [3.05, 3.63) is 106 Å². The van der Waals surface area contributed by atoms with Gasteiger partial charge in [0.25, 0.3) is 0 Å². The maximum atomic E-state index is 15.4. The van der Waals surface area contributed by atoms with Gasteiger partial charge >= 0.3 is 12.0 Å². The van der Waals surface area contributed by atoms with E-state index in [1.54, 1.807) is 6.07 Å². The number of carboxylic acids is 1. The van der Waals surface area contributed by atoms with E-state index in [0.29, 0.717) is 19.2 Å². The molecule has 2 aromatic heterocycles. The Bertz CT molecular complexity index is 2020. The molecule has 1 fully saturated rings. The van der Waals surface area contributed by atoms with Crippen LogP contribution in [0, 0.1) is 40.4 Å². The van der Waals surface area contributed by atoms with Crippen LogP contribution >= 0.6 is 0 Å². The molecule has 0 amide bonds. The van der Waals surface area contributed by atoms with Crippen LogP contribution in [0.3, 0.4) is 0 Å².